The molecular formula is C25H42N8O5S. The third-order valence-electron chi connectivity index (χ3n) is 8.74. The van der Waals surface area contributed by atoms with E-state index in [4.69, 9.17) is 25.7 Å². The SMILES string of the molecule is NC(=O)C1CNC(N[C@H]2CCCC[C@H]2N)NC1NC1CNC(C2COC3C(=O)C=C(N4CCOCC4)OC32)S1. The van der Waals surface area contributed by atoms with Crippen molar-refractivity contribution in [3.63, 3.8) is 0 Å². The van der Waals surface area contributed by atoms with Crippen molar-refractivity contribution >= 4 is 23.5 Å². The van der Waals surface area contributed by atoms with E-state index < -0.39 is 12.0 Å². The molecule has 5 fully saturated rings. The fourth-order valence-corrected chi connectivity index (χ4v) is 7.89. The number of ketones is 1. The molecule has 14 heteroatoms. The Bertz CT molecular complexity index is 938. The van der Waals surface area contributed by atoms with Crippen LogP contribution in [0.15, 0.2) is 12.0 Å². The summed E-state index contributed by atoms with van der Waals surface area (Å²) >= 11 is 1.75. The highest BCUT2D eigenvalue weighted by atomic mass is 32.2. The minimum atomic E-state index is -0.572. The van der Waals surface area contributed by atoms with Gasteiger partial charge in [-0.25, -0.2) is 0 Å². The van der Waals surface area contributed by atoms with Gasteiger partial charge in [-0.3, -0.25) is 30.9 Å². The van der Waals surface area contributed by atoms with Gasteiger partial charge in [0.25, 0.3) is 0 Å². The van der Waals surface area contributed by atoms with Gasteiger partial charge < -0.3 is 35.9 Å². The van der Waals surface area contributed by atoms with E-state index in [1.54, 1.807) is 17.8 Å². The number of carbonyl (C=O) groups excluding carboxylic acids is 2. The zero-order valence-electron chi connectivity index (χ0n) is 22.2. The third kappa shape index (κ3) is 6.09. The second kappa shape index (κ2) is 12.2. The lowest BCUT2D eigenvalue weighted by Gasteiger charge is -2.41. The fourth-order valence-electron chi connectivity index (χ4n) is 6.49. The summed E-state index contributed by atoms with van der Waals surface area (Å²) in [6, 6.07) is 0.356. The molecule has 5 heterocycles. The lowest BCUT2D eigenvalue weighted by molar-refractivity contribution is -0.133. The van der Waals surface area contributed by atoms with Crippen molar-refractivity contribution in [3.8, 4) is 0 Å². The van der Waals surface area contributed by atoms with Gasteiger partial charge in [0.05, 0.1) is 42.7 Å². The van der Waals surface area contributed by atoms with Crippen molar-refractivity contribution in [2.24, 2.45) is 23.3 Å². The maximum absolute atomic E-state index is 12.9. The number of hydrogen-bond acceptors (Lipinski definition) is 13. The molecular weight excluding hydrogens is 524 g/mol. The molecule has 13 nitrogen and oxygen atoms in total. The first-order chi connectivity index (χ1) is 19.0. The highest BCUT2D eigenvalue weighted by molar-refractivity contribution is 8.00. The summed E-state index contributed by atoms with van der Waals surface area (Å²) in [4.78, 5) is 27.2. The van der Waals surface area contributed by atoms with E-state index in [2.05, 4.69) is 31.5 Å². The number of hydrogen-bond donors (Lipinski definition) is 7. The van der Waals surface area contributed by atoms with Crippen molar-refractivity contribution in [2.75, 3.05) is 46.0 Å². The predicted octanol–water partition coefficient (Wildman–Crippen LogP) is -2.52. The Labute approximate surface area is 233 Å². The van der Waals surface area contributed by atoms with E-state index in [1.807, 2.05) is 0 Å². The van der Waals surface area contributed by atoms with Crippen LogP contribution in [0.5, 0.6) is 0 Å². The Kier molecular flexibility index (Phi) is 8.63. The number of morpholine rings is 1. The van der Waals surface area contributed by atoms with Gasteiger partial charge in [-0.2, -0.15) is 0 Å². The van der Waals surface area contributed by atoms with Crippen molar-refractivity contribution < 1.29 is 23.8 Å². The van der Waals surface area contributed by atoms with E-state index >= 15 is 0 Å². The minimum Gasteiger partial charge on any atom is -0.472 e. The second-order valence-electron chi connectivity index (χ2n) is 11.3. The maximum Gasteiger partial charge on any atom is 0.224 e. The number of nitrogens with two attached hydrogens (primary N) is 2. The van der Waals surface area contributed by atoms with Crippen LogP contribution >= 0.6 is 11.8 Å². The van der Waals surface area contributed by atoms with E-state index in [-0.39, 0.29) is 59.0 Å². The molecule has 1 saturated carbocycles. The molecule has 0 aromatic heterocycles. The lowest BCUT2D eigenvalue weighted by atomic mass is 9.91. The Morgan fingerprint density at radius 3 is 2.74 bits per heavy atom. The van der Waals surface area contributed by atoms with Gasteiger partial charge in [-0.15, -0.1) is 11.8 Å². The predicted molar refractivity (Wildman–Crippen MR) is 145 cm³/mol. The normalized spacial score (nSPS) is 43.1. The van der Waals surface area contributed by atoms with Crippen molar-refractivity contribution in [1.82, 2.24) is 31.5 Å². The van der Waals surface area contributed by atoms with Crippen LogP contribution in [0.2, 0.25) is 0 Å². The van der Waals surface area contributed by atoms with Crippen LogP contribution in [0.4, 0.5) is 0 Å². The first-order valence-corrected chi connectivity index (χ1v) is 15.2. The summed E-state index contributed by atoms with van der Waals surface area (Å²) in [5.74, 6) is -0.154. The highest BCUT2D eigenvalue weighted by Gasteiger charge is 2.51. The molecule has 8 unspecified atom stereocenters. The Morgan fingerprint density at radius 1 is 1.13 bits per heavy atom. The van der Waals surface area contributed by atoms with Crippen molar-refractivity contribution in [2.45, 2.75) is 73.2 Å². The molecule has 0 spiro atoms. The van der Waals surface area contributed by atoms with Gasteiger partial charge in [0.1, 0.15) is 12.4 Å². The van der Waals surface area contributed by atoms with Gasteiger partial charge in [0.2, 0.25) is 5.91 Å². The first-order valence-electron chi connectivity index (χ1n) is 14.3. The van der Waals surface area contributed by atoms with Gasteiger partial charge in [0.15, 0.2) is 17.8 Å². The van der Waals surface area contributed by atoms with Crippen LogP contribution < -0.4 is 38.1 Å². The number of ether oxygens (including phenoxy) is 3. The van der Waals surface area contributed by atoms with E-state index in [0.29, 0.717) is 51.9 Å². The van der Waals surface area contributed by atoms with E-state index in [0.717, 1.165) is 12.8 Å². The molecule has 6 rings (SSSR count). The Balaban J connectivity index is 1.06. The largest absolute Gasteiger partial charge is 0.472 e. The fraction of sp³-hybridized carbons (Fsp3) is 0.840. The van der Waals surface area contributed by atoms with Crippen LogP contribution in [0.25, 0.3) is 0 Å². The van der Waals surface area contributed by atoms with Gasteiger partial charge in [-0.1, -0.05) is 12.8 Å². The molecule has 218 valence electrons. The Morgan fingerprint density at radius 2 is 1.95 bits per heavy atom. The highest BCUT2D eigenvalue weighted by Crippen LogP contribution is 2.39. The summed E-state index contributed by atoms with van der Waals surface area (Å²) < 4.78 is 17.8. The van der Waals surface area contributed by atoms with E-state index in [1.165, 1.54) is 12.8 Å². The molecule has 6 aliphatic rings. The molecule has 10 atom stereocenters. The second-order valence-corrected chi connectivity index (χ2v) is 12.7. The quantitative estimate of drug-likeness (QED) is 0.172. The molecule has 9 N–H and O–H groups in total. The average Bonchev–Trinajstić information content (AvgIpc) is 3.58. The van der Waals surface area contributed by atoms with Crippen molar-refractivity contribution in [1.29, 1.82) is 0 Å². The standard InChI is InChI=1S/C25H42N8O5S/c26-15-3-1-2-4-16(15)30-25-29-10-13(22(27)35)23(32-25)31-18-11-28-24(39-18)14-12-37-21-17(34)9-19(38-20(14)21)33-5-7-36-8-6-33/h9,13-16,18,20-21,23-25,28-32H,1-8,10-12,26H2,(H2,27,35)/t13?,14?,15-,16+,18?,20?,21?,23?,24?,25?/m1/s1. The van der Waals surface area contributed by atoms with Crippen LogP contribution in [-0.4, -0.2) is 110 Å². The summed E-state index contributed by atoms with van der Waals surface area (Å²) in [6.07, 6.45) is 4.60. The molecule has 0 radical (unpaired) electrons. The van der Waals surface area contributed by atoms with Gasteiger partial charge in [-0.05, 0) is 12.8 Å². The zero-order valence-corrected chi connectivity index (χ0v) is 23.0. The number of amides is 1. The molecule has 0 aromatic carbocycles. The summed E-state index contributed by atoms with van der Waals surface area (Å²) in [5.41, 5.74) is 12.1. The number of fused-ring (bicyclic) bond motifs is 1. The molecule has 5 aliphatic heterocycles. The Hall–Kier alpha value is -1.49. The van der Waals surface area contributed by atoms with Crippen LogP contribution in [0.1, 0.15) is 25.7 Å². The number of rotatable bonds is 7. The molecule has 0 aromatic rings. The zero-order chi connectivity index (χ0) is 26.9. The third-order valence-corrected chi connectivity index (χ3v) is 10.2. The molecule has 39 heavy (non-hydrogen) atoms. The number of thioether (sulfide) groups is 1. The minimum absolute atomic E-state index is 0.00983. The number of nitrogens with zero attached hydrogens (tertiary/aromatic N) is 1. The van der Waals surface area contributed by atoms with Gasteiger partial charge in [0, 0.05) is 50.3 Å². The summed E-state index contributed by atoms with van der Waals surface area (Å²) in [5, 5.41) is 17.8. The lowest BCUT2D eigenvalue weighted by Crippen LogP contribution is -2.72. The van der Waals surface area contributed by atoms with E-state index in [9.17, 15) is 9.59 Å². The molecule has 4 saturated heterocycles. The first kappa shape index (κ1) is 27.7. The number of primary amides is 1. The molecule has 1 aliphatic carbocycles. The monoisotopic (exact) mass is 566 g/mol. The maximum atomic E-state index is 12.9. The van der Waals surface area contributed by atoms with Crippen LogP contribution in [-0.2, 0) is 23.8 Å². The molecule has 1 amide bonds. The summed E-state index contributed by atoms with van der Waals surface area (Å²) in [6.45, 7) is 4.28. The van der Waals surface area contributed by atoms with Crippen LogP contribution in [0, 0.1) is 11.8 Å². The van der Waals surface area contributed by atoms with Gasteiger partial charge >= 0.3 is 0 Å². The molecule has 0 bridgehead atoms. The van der Waals surface area contributed by atoms with Crippen molar-refractivity contribution in [3.05, 3.63) is 12.0 Å². The number of carbonyl (C=O) groups is 2. The summed E-state index contributed by atoms with van der Waals surface area (Å²) in [7, 11) is 0. The number of nitrogens with one attached hydrogen (secondary N) is 5. The smallest absolute Gasteiger partial charge is 0.224 e. The van der Waals surface area contributed by atoms with Crippen LogP contribution in [0.3, 0.4) is 0 Å². The average molecular weight is 567 g/mol. The topological polar surface area (TPSA) is 177 Å².